The average molecular weight is 465 g/mol. The summed E-state index contributed by atoms with van der Waals surface area (Å²) in [6.45, 7) is 10.8. The number of fused-ring (bicyclic) bond motifs is 1. The van der Waals surface area contributed by atoms with Gasteiger partial charge in [-0.05, 0) is 17.0 Å². The fourth-order valence-electron chi connectivity index (χ4n) is 3.72. The largest absolute Gasteiger partial charge is 0.462 e. The van der Waals surface area contributed by atoms with Crippen LogP contribution in [0.5, 0.6) is 5.75 Å². The smallest absolute Gasteiger partial charge is 0.305 e. The fourth-order valence-corrected chi connectivity index (χ4v) is 3.72. The average Bonchev–Trinajstić information content (AvgIpc) is 2.66. The first-order valence-corrected chi connectivity index (χ1v) is 10.7. The van der Waals surface area contributed by atoms with Crippen molar-refractivity contribution >= 4 is 23.9 Å². The minimum Gasteiger partial charge on any atom is -0.462 e. The number of benzene rings is 1. The third-order valence-corrected chi connectivity index (χ3v) is 5.11. The highest BCUT2D eigenvalue weighted by molar-refractivity contribution is 5.68. The highest BCUT2D eigenvalue weighted by Gasteiger charge is 2.43. The zero-order chi connectivity index (χ0) is 24.9. The molecule has 4 atom stereocenters. The summed E-state index contributed by atoms with van der Waals surface area (Å²) in [6, 6.07) is 5.63. The molecule has 9 heteroatoms. The third kappa shape index (κ3) is 7.47. The van der Waals surface area contributed by atoms with Crippen molar-refractivity contribution in [3.05, 3.63) is 29.3 Å². The van der Waals surface area contributed by atoms with Gasteiger partial charge in [-0.1, -0.05) is 32.9 Å². The predicted octanol–water partition coefficient (Wildman–Crippen LogP) is 3.17. The molecule has 1 aliphatic rings. The Labute approximate surface area is 193 Å². The zero-order valence-electron chi connectivity index (χ0n) is 20.1. The molecule has 1 aliphatic heterocycles. The Hall–Kier alpha value is -3.10. The lowest BCUT2D eigenvalue weighted by molar-refractivity contribution is -0.181. The SMILES string of the molecule is CC(=O)OC[C@@H](OC(C)=O)[C@H](OC(C)=O)[C@@H]1C[C@H](OC(C)=O)Oc2ccc(C(C)(C)C)cc21. The van der Waals surface area contributed by atoms with Crippen molar-refractivity contribution in [2.45, 2.75) is 84.7 Å². The van der Waals surface area contributed by atoms with Gasteiger partial charge in [0.25, 0.3) is 0 Å². The maximum absolute atomic E-state index is 12.0. The Morgan fingerprint density at radius 3 is 2.12 bits per heavy atom. The number of hydrogen-bond donors (Lipinski definition) is 0. The van der Waals surface area contributed by atoms with Gasteiger partial charge in [0.05, 0.1) is 0 Å². The van der Waals surface area contributed by atoms with Gasteiger partial charge in [0, 0.05) is 45.6 Å². The molecule has 2 rings (SSSR count). The van der Waals surface area contributed by atoms with Gasteiger partial charge < -0.3 is 23.7 Å². The topological polar surface area (TPSA) is 114 Å². The van der Waals surface area contributed by atoms with E-state index in [-0.39, 0.29) is 18.4 Å². The first-order chi connectivity index (χ1) is 15.3. The maximum atomic E-state index is 12.0. The lowest BCUT2D eigenvalue weighted by Crippen LogP contribution is -2.45. The Balaban J connectivity index is 2.59. The summed E-state index contributed by atoms with van der Waals surface area (Å²) < 4.78 is 27.3. The zero-order valence-corrected chi connectivity index (χ0v) is 20.1. The number of rotatable bonds is 7. The summed E-state index contributed by atoms with van der Waals surface area (Å²) in [5.74, 6) is -2.47. The van der Waals surface area contributed by atoms with Crippen LogP contribution in [0.3, 0.4) is 0 Å². The minimum atomic E-state index is -1.08. The van der Waals surface area contributed by atoms with Crippen molar-refractivity contribution in [2.75, 3.05) is 6.61 Å². The Kier molecular flexibility index (Phi) is 8.46. The van der Waals surface area contributed by atoms with Crippen molar-refractivity contribution in [3.63, 3.8) is 0 Å². The van der Waals surface area contributed by atoms with E-state index in [4.69, 9.17) is 23.7 Å². The molecule has 182 valence electrons. The normalized spacial score (nSPS) is 19.2. The van der Waals surface area contributed by atoms with Crippen LogP contribution in [-0.2, 0) is 43.5 Å². The van der Waals surface area contributed by atoms with E-state index in [1.165, 1.54) is 27.7 Å². The molecule has 0 radical (unpaired) electrons. The van der Waals surface area contributed by atoms with E-state index in [1.807, 2.05) is 12.1 Å². The summed E-state index contributed by atoms with van der Waals surface area (Å²) in [7, 11) is 0. The van der Waals surface area contributed by atoms with Crippen LogP contribution in [0.4, 0.5) is 0 Å². The highest BCUT2D eigenvalue weighted by Crippen LogP contribution is 2.43. The molecule has 0 saturated heterocycles. The van der Waals surface area contributed by atoms with Gasteiger partial charge in [-0.3, -0.25) is 19.2 Å². The van der Waals surface area contributed by atoms with Gasteiger partial charge in [0.15, 0.2) is 6.10 Å². The quantitative estimate of drug-likeness (QED) is 0.443. The summed E-state index contributed by atoms with van der Waals surface area (Å²) >= 11 is 0. The van der Waals surface area contributed by atoms with E-state index < -0.39 is 48.3 Å². The lowest BCUT2D eigenvalue weighted by atomic mass is 9.80. The molecule has 0 N–H and O–H groups in total. The van der Waals surface area contributed by atoms with E-state index in [0.717, 1.165) is 5.56 Å². The second-order valence-corrected chi connectivity index (χ2v) is 9.03. The first-order valence-electron chi connectivity index (χ1n) is 10.7. The number of hydrogen-bond acceptors (Lipinski definition) is 9. The van der Waals surface area contributed by atoms with Crippen LogP contribution in [0.15, 0.2) is 18.2 Å². The molecule has 1 heterocycles. The van der Waals surface area contributed by atoms with Gasteiger partial charge in [-0.15, -0.1) is 0 Å². The monoisotopic (exact) mass is 464 g/mol. The molecule has 0 aromatic heterocycles. The maximum Gasteiger partial charge on any atom is 0.305 e. The van der Waals surface area contributed by atoms with Crippen molar-refractivity contribution in [1.82, 2.24) is 0 Å². The van der Waals surface area contributed by atoms with E-state index in [9.17, 15) is 19.2 Å². The Bertz CT molecular complexity index is 900. The number of carbonyl (C=O) groups excluding carboxylic acids is 4. The van der Waals surface area contributed by atoms with E-state index >= 15 is 0 Å². The molecule has 0 amide bonds. The lowest BCUT2D eigenvalue weighted by Gasteiger charge is -2.38. The van der Waals surface area contributed by atoms with Crippen LogP contribution >= 0.6 is 0 Å². The second-order valence-electron chi connectivity index (χ2n) is 9.03. The molecule has 0 aliphatic carbocycles. The summed E-state index contributed by atoms with van der Waals surface area (Å²) in [5, 5.41) is 0. The molecule has 9 nitrogen and oxygen atoms in total. The van der Waals surface area contributed by atoms with Gasteiger partial charge in [0.2, 0.25) is 6.29 Å². The van der Waals surface area contributed by atoms with Crippen LogP contribution in [0, 0.1) is 0 Å². The molecule has 1 aromatic carbocycles. The molecule has 0 bridgehead atoms. The van der Waals surface area contributed by atoms with Gasteiger partial charge >= 0.3 is 23.9 Å². The number of esters is 4. The van der Waals surface area contributed by atoms with Gasteiger partial charge in [0.1, 0.15) is 18.5 Å². The van der Waals surface area contributed by atoms with E-state index in [0.29, 0.717) is 11.3 Å². The van der Waals surface area contributed by atoms with Crippen molar-refractivity contribution in [2.24, 2.45) is 0 Å². The van der Waals surface area contributed by atoms with Crippen LogP contribution in [0.2, 0.25) is 0 Å². The molecule has 0 unspecified atom stereocenters. The molecule has 0 spiro atoms. The third-order valence-electron chi connectivity index (χ3n) is 5.11. The van der Waals surface area contributed by atoms with Crippen molar-refractivity contribution in [1.29, 1.82) is 0 Å². The van der Waals surface area contributed by atoms with E-state index in [1.54, 1.807) is 6.07 Å². The Morgan fingerprint density at radius 1 is 0.970 bits per heavy atom. The number of carbonyl (C=O) groups is 4. The summed E-state index contributed by atoms with van der Waals surface area (Å²) in [4.78, 5) is 46.9. The molecule has 0 saturated carbocycles. The number of ether oxygens (including phenoxy) is 5. The predicted molar refractivity (Wildman–Crippen MR) is 116 cm³/mol. The van der Waals surface area contributed by atoms with Gasteiger partial charge in [-0.2, -0.15) is 0 Å². The molecule has 0 fully saturated rings. The van der Waals surface area contributed by atoms with Gasteiger partial charge in [-0.25, -0.2) is 0 Å². The molecule has 1 aromatic rings. The second kappa shape index (κ2) is 10.7. The van der Waals surface area contributed by atoms with Crippen LogP contribution in [0.25, 0.3) is 0 Å². The molecule has 33 heavy (non-hydrogen) atoms. The van der Waals surface area contributed by atoms with Crippen LogP contribution in [-0.4, -0.2) is 49.0 Å². The highest BCUT2D eigenvalue weighted by atomic mass is 16.7. The fraction of sp³-hybridized carbons (Fsp3) is 0.583. The van der Waals surface area contributed by atoms with Crippen molar-refractivity contribution < 1.29 is 42.9 Å². The standard InChI is InChI=1S/C24H32O9/c1-13(25)29-12-21(30-14(2)26)23(32-16(4)28)19-11-22(31-15(3)27)33-20-9-8-17(10-18(19)20)24(5,6)7/h8-10,19,21-23H,11-12H2,1-7H3/t19-,21-,22-,23-/m1/s1. The Morgan fingerprint density at radius 2 is 1.61 bits per heavy atom. The summed E-state index contributed by atoms with van der Waals surface area (Å²) in [5.41, 5.74) is 1.53. The van der Waals surface area contributed by atoms with Crippen LogP contribution in [0.1, 0.15) is 71.9 Å². The van der Waals surface area contributed by atoms with E-state index in [2.05, 4.69) is 20.8 Å². The first kappa shape index (κ1) is 26.2. The summed E-state index contributed by atoms with van der Waals surface area (Å²) in [6.07, 6.45) is -2.91. The minimum absolute atomic E-state index is 0.135. The molecular formula is C24H32O9. The molecular weight excluding hydrogens is 432 g/mol. The van der Waals surface area contributed by atoms with Crippen molar-refractivity contribution in [3.8, 4) is 5.75 Å². The van der Waals surface area contributed by atoms with Crippen LogP contribution < -0.4 is 4.74 Å².